The van der Waals surface area contributed by atoms with E-state index < -0.39 is 0 Å². The second-order valence-electron chi connectivity index (χ2n) is 6.11. The van der Waals surface area contributed by atoms with Gasteiger partial charge in [0.15, 0.2) is 5.43 Å². The van der Waals surface area contributed by atoms with Crippen LogP contribution in [-0.2, 0) is 0 Å². The maximum Gasteiger partial charge on any atom is 0.181 e. The fourth-order valence-corrected chi connectivity index (χ4v) is 3.14. The summed E-state index contributed by atoms with van der Waals surface area (Å²) >= 11 is 0. The molecule has 0 spiro atoms. The zero-order valence-electron chi connectivity index (χ0n) is 13.1. The molecule has 1 N–H and O–H groups in total. The van der Waals surface area contributed by atoms with Gasteiger partial charge in [-0.05, 0) is 37.2 Å². The molecule has 0 fully saturated rings. The Labute approximate surface area is 134 Å². The Morgan fingerprint density at radius 2 is 1.96 bits per heavy atom. The third-order valence-electron chi connectivity index (χ3n) is 4.52. The first-order chi connectivity index (χ1) is 11.2. The summed E-state index contributed by atoms with van der Waals surface area (Å²) in [6.07, 6.45) is 9.12. The Bertz CT molecular complexity index is 928. The predicted molar refractivity (Wildman–Crippen MR) is 94.0 cm³/mol. The average Bonchev–Trinajstić information content (AvgIpc) is 2.99. The number of hydrogen-bond donors (Lipinski definition) is 1. The summed E-state index contributed by atoms with van der Waals surface area (Å²) < 4.78 is 1.97. The number of nitrogens with zero attached hydrogens (tertiary/aromatic N) is 2. The lowest BCUT2D eigenvalue weighted by molar-refractivity contribution is 0.370. The summed E-state index contributed by atoms with van der Waals surface area (Å²) in [7, 11) is 2.15. The highest BCUT2D eigenvalue weighted by atomic mass is 16.1. The van der Waals surface area contributed by atoms with Crippen LogP contribution >= 0.6 is 0 Å². The predicted octanol–water partition coefficient (Wildman–Crippen LogP) is 3.04. The van der Waals surface area contributed by atoms with Crippen LogP contribution in [0.15, 0.2) is 59.8 Å². The van der Waals surface area contributed by atoms with Gasteiger partial charge in [-0.15, -0.1) is 0 Å². The molecule has 1 aromatic carbocycles. The van der Waals surface area contributed by atoms with Crippen LogP contribution < -0.4 is 5.43 Å². The molecule has 0 bridgehead atoms. The van der Waals surface area contributed by atoms with Crippen molar-refractivity contribution in [2.75, 3.05) is 20.1 Å². The van der Waals surface area contributed by atoms with E-state index in [0.717, 1.165) is 30.7 Å². The number of nitrogens with one attached hydrogen (secondary N) is 1. The Morgan fingerprint density at radius 1 is 1.13 bits per heavy atom. The Hall–Kier alpha value is -2.59. The zero-order valence-corrected chi connectivity index (χ0v) is 13.1. The minimum atomic E-state index is 0.0288. The van der Waals surface area contributed by atoms with Gasteiger partial charge in [0.2, 0.25) is 0 Å². The van der Waals surface area contributed by atoms with E-state index in [1.807, 2.05) is 17.0 Å². The summed E-state index contributed by atoms with van der Waals surface area (Å²) in [6.45, 7) is 2.10. The van der Waals surface area contributed by atoms with Gasteiger partial charge < -0.3 is 14.5 Å². The first-order valence-corrected chi connectivity index (χ1v) is 7.88. The standard InChI is InChI=1S/C19H19N3O/c1-21-8-4-14(5-9-21)18-13-20-19-3-2-15(12-17(18)19)22-10-6-16(23)7-11-22/h2-4,6-7,10-13,20H,5,8-9H2,1H3. The molecule has 4 rings (SSSR count). The monoisotopic (exact) mass is 305 g/mol. The van der Waals surface area contributed by atoms with Gasteiger partial charge in [-0.3, -0.25) is 4.79 Å². The van der Waals surface area contributed by atoms with E-state index in [9.17, 15) is 4.79 Å². The number of benzene rings is 1. The number of H-pyrrole nitrogens is 1. The van der Waals surface area contributed by atoms with Crippen LogP contribution in [0.3, 0.4) is 0 Å². The molecule has 3 aromatic rings. The maximum atomic E-state index is 11.3. The molecule has 3 heterocycles. The molecular weight excluding hydrogens is 286 g/mol. The summed E-state index contributed by atoms with van der Waals surface area (Å²) in [5.74, 6) is 0. The number of aromatic amines is 1. The quantitative estimate of drug-likeness (QED) is 0.790. The molecule has 1 aliphatic rings. The zero-order chi connectivity index (χ0) is 15.8. The normalized spacial score (nSPS) is 15.8. The van der Waals surface area contributed by atoms with Crippen LogP contribution in [0.4, 0.5) is 0 Å². The average molecular weight is 305 g/mol. The molecule has 0 aliphatic carbocycles. The molecular formula is C19H19N3O. The highest BCUT2D eigenvalue weighted by molar-refractivity contribution is 5.94. The fourth-order valence-electron chi connectivity index (χ4n) is 3.14. The lowest BCUT2D eigenvalue weighted by atomic mass is 9.99. The molecule has 2 aromatic heterocycles. The van der Waals surface area contributed by atoms with E-state index in [-0.39, 0.29) is 5.43 Å². The third-order valence-corrected chi connectivity index (χ3v) is 4.52. The van der Waals surface area contributed by atoms with Crippen molar-refractivity contribution in [3.05, 3.63) is 70.8 Å². The smallest absolute Gasteiger partial charge is 0.181 e. The summed E-state index contributed by atoms with van der Waals surface area (Å²) in [5.41, 5.74) is 4.93. The topological polar surface area (TPSA) is 41.0 Å². The van der Waals surface area contributed by atoms with E-state index in [2.05, 4.69) is 47.4 Å². The first-order valence-electron chi connectivity index (χ1n) is 7.88. The molecule has 0 saturated carbocycles. The molecule has 0 unspecified atom stereocenters. The van der Waals surface area contributed by atoms with Crippen LogP contribution in [0.1, 0.15) is 12.0 Å². The van der Waals surface area contributed by atoms with E-state index in [4.69, 9.17) is 0 Å². The van der Waals surface area contributed by atoms with Gasteiger partial charge in [0.05, 0.1) is 0 Å². The number of aromatic nitrogens is 2. The minimum Gasteiger partial charge on any atom is -0.361 e. The molecule has 4 heteroatoms. The van der Waals surface area contributed by atoms with Gasteiger partial charge >= 0.3 is 0 Å². The SMILES string of the molecule is CN1CC=C(c2c[nH]c3ccc(-n4ccc(=O)cc4)cc23)CC1. The summed E-state index contributed by atoms with van der Waals surface area (Å²) in [6, 6.07) is 9.52. The second-order valence-corrected chi connectivity index (χ2v) is 6.11. The maximum absolute atomic E-state index is 11.3. The number of fused-ring (bicyclic) bond motifs is 1. The van der Waals surface area contributed by atoms with E-state index in [1.165, 1.54) is 16.5 Å². The van der Waals surface area contributed by atoms with Crippen LogP contribution in [0, 0.1) is 0 Å². The fraction of sp³-hybridized carbons (Fsp3) is 0.211. The summed E-state index contributed by atoms with van der Waals surface area (Å²) in [5, 5.41) is 1.23. The van der Waals surface area contributed by atoms with Gasteiger partial charge in [-0.25, -0.2) is 0 Å². The Morgan fingerprint density at radius 3 is 2.70 bits per heavy atom. The summed E-state index contributed by atoms with van der Waals surface area (Å²) in [4.78, 5) is 17.0. The van der Waals surface area contributed by atoms with Crippen LogP contribution in [0.5, 0.6) is 0 Å². The van der Waals surface area contributed by atoms with Crippen molar-refractivity contribution in [2.24, 2.45) is 0 Å². The van der Waals surface area contributed by atoms with Crippen LogP contribution in [0.25, 0.3) is 22.2 Å². The van der Waals surface area contributed by atoms with Gasteiger partial charge in [0.1, 0.15) is 0 Å². The molecule has 116 valence electrons. The number of pyridine rings is 1. The molecule has 1 aliphatic heterocycles. The highest BCUT2D eigenvalue weighted by Gasteiger charge is 2.13. The molecule has 0 amide bonds. The van der Waals surface area contributed by atoms with Crippen molar-refractivity contribution in [2.45, 2.75) is 6.42 Å². The number of likely N-dealkylation sites (N-methyl/N-ethyl adjacent to an activating group) is 1. The highest BCUT2D eigenvalue weighted by Crippen LogP contribution is 2.30. The van der Waals surface area contributed by atoms with Gasteiger partial charge in [-0.1, -0.05) is 6.08 Å². The van der Waals surface area contributed by atoms with Crippen molar-refractivity contribution < 1.29 is 0 Å². The van der Waals surface area contributed by atoms with E-state index in [1.54, 1.807) is 12.1 Å². The molecule has 4 nitrogen and oxygen atoms in total. The Kier molecular flexibility index (Phi) is 3.39. The molecule has 0 radical (unpaired) electrons. The largest absolute Gasteiger partial charge is 0.361 e. The van der Waals surface area contributed by atoms with E-state index >= 15 is 0 Å². The number of hydrogen-bond acceptors (Lipinski definition) is 2. The van der Waals surface area contributed by atoms with Crippen molar-refractivity contribution in [3.8, 4) is 5.69 Å². The van der Waals surface area contributed by atoms with Crippen molar-refractivity contribution >= 4 is 16.5 Å². The lowest BCUT2D eigenvalue weighted by Gasteiger charge is -2.21. The minimum absolute atomic E-state index is 0.0288. The van der Waals surface area contributed by atoms with Crippen LogP contribution in [0.2, 0.25) is 0 Å². The van der Waals surface area contributed by atoms with E-state index in [0.29, 0.717) is 0 Å². The molecule has 0 saturated heterocycles. The van der Waals surface area contributed by atoms with Crippen molar-refractivity contribution in [1.29, 1.82) is 0 Å². The van der Waals surface area contributed by atoms with Crippen molar-refractivity contribution in [3.63, 3.8) is 0 Å². The van der Waals surface area contributed by atoms with Crippen molar-refractivity contribution in [1.82, 2.24) is 14.5 Å². The van der Waals surface area contributed by atoms with Gasteiger partial charge in [0.25, 0.3) is 0 Å². The van der Waals surface area contributed by atoms with Gasteiger partial charge in [0, 0.05) is 66.0 Å². The first kappa shape index (κ1) is 14.0. The number of rotatable bonds is 2. The van der Waals surface area contributed by atoms with Crippen LogP contribution in [-0.4, -0.2) is 34.6 Å². The van der Waals surface area contributed by atoms with Gasteiger partial charge in [-0.2, -0.15) is 0 Å². The third kappa shape index (κ3) is 2.62. The molecule has 0 atom stereocenters. The second kappa shape index (κ2) is 5.56. The molecule has 23 heavy (non-hydrogen) atoms. The Balaban J connectivity index is 1.80. The lowest BCUT2D eigenvalue weighted by Crippen LogP contribution is -2.23.